The first kappa shape index (κ1) is 22.8. The lowest BCUT2D eigenvalue weighted by Crippen LogP contribution is -2.42. The Balaban J connectivity index is 1.38. The number of β-amino-alcohol motifs (C(OH)–C–C–N with tert-alkyl or cyclic N) is 1. The van der Waals surface area contributed by atoms with Crippen LogP contribution < -0.4 is 10.6 Å². The number of H-pyrrole nitrogens is 1. The number of amides is 2. The van der Waals surface area contributed by atoms with Gasteiger partial charge in [-0.15, -0.1) is 0 Å². The van der Waals surface area contributed by atoms with Gasteiger partial charge in [0.25, 0.3) is 11.8 Å². The number of benzene rings is 1. The van der Waals surface area contributed by atoms with E-state index in [4.69, 9.17) is 0 Å². The molecule has 180 valence electrons. The maximum Gasteiger partial charge on any atom is 0.256 e. The highest BCUT2D eigenvalue weighted by molar-refractivity contribution is 6.36. The Labute approximate surface area is 198 Å². The summed E-state index contributed by atoms with van der Waals surface area (Å²) in [6.07, 6.45) is 5.10. The zero-order chi connectivity index (χ0) is 23.8. The summed E-state index contributed by atoms with van der Waals surface area (Å²) in [5.74, 6) is -0.862. The Bertz CT molecular complexity index is 1160. The van der Waals surface area contributed by atoms with E-state index in [2.05, 4.69) is 20.5 Å². The number of allylic oxidation sites excluding steroid dienone is 1. The fourth-order valence-corrected chi connectivity index (χ4v) is 5.55. The number of nitrogens with one attached hydrogen (secondary N) is 3. The number of carbonyl (C=O) groups is 2. The van der Waals surface area contributed by atoms with E-state index < -0.39 is 11.9 Å². The average Bonchev–Trinajstić information content (AvgIpc) is 3.33. The molecule has 1 unspecified atom stereocenters. The molecule has 34 heavy (non-hydrogen) atoms. The van der Waals surface area contributed by atoms with Crippen LogP contribution in [-0.4, -0.2) is 59.1 Å². The predicted molar refractivity (Wildman–Crippen MR) is 129 cm³/mol. The van der Waals surface area contributed by atoms with Crippen LogP contribution in [0, 0.1) is 12.7 Å². The van der Waals surface area contributed by atoms with Crippen molar-refractivity contribution in [2.75, 3.05) is 31.5 Å². The van der Waals surface area contributed by atoms with Crippen molar-refractivity contribution in [2.24, 2.45) is 0 Å². The monoisotopic (exact) mass is 466 g/mol. The lowest BCUT2D eigenvalue weighted by Gasteiger charge is -2.28. The average molecular weight is 467 g/mol. The van der Waals surface area contributed by atoms with Crippen LogP contribution in [0.4, 0.5) is 10.1 Å². The standard InChI is InChI=1S/C26H31FN4O3/c1-15-22(25(33)28-13-17(32)14-31-10-3-2-4-11-31)18-6-5-7-19(24(18)29-15)23-20-12-16(27)8-9-21(20)30-26(23)34/h8-9,12,17,29,32H,2-7,10-11,13-14H2,1H3,(H,28,33)(H,30,34). The maximum atomic E-state index is 14.0. The van der Waals surface area contributed by atoms with Crippen molar-refractivity contribution < 1.29 is 19.1 Å². The number of hydrogen-bond donors (Lipinski definition) is 4. The lowest BCUT2D eigenvalue weighted by molar-refractivity contribution is -0.110. The summed E-state index contributed by atoms with van der Waals surface area (Å²) in [6, 6.07) is 4.30. The van der Waals surface area contributed by atoms with Crippen molar-refractivity contribution in [3.05, 3.63) is 52.1 Å². The third-order valence-corrected chi connectivity index (χ3v) is 7.12. The summed E-state index contributed by atoms with van der Waals surface area (Å²) >= 11 is 0. The van der Waals surface area contributed by atoms with Gasteiger partial charge in [0.05, 0.1) is 17.2 Å². The van der Waals surface area contributed by atoms with Crippen molar-refractivity contribution in [2.45, 2.75) is 51.6 Å². The van der Waals surface area contributed by atoms with Gasteiger partial charge >= 0.3 is 0 Å². The summed E-state index contributed by atoms with van der Waals surface area (Å²) in [6.45, 7) is 4.59. The molecule has 5 rings (SSSR count). The predicted octanol–water partition coefficient (Wildman–Crippen LogP) is 3.24. The number of fused-ring (bicyclic) bond motifs is 2. The molecule has 1 saturated heterocycles. The van der Waals surface area contributed by atoms with Crippen molar-refractivity contribution in [1.29, 1.82) is 0 Å². The number of anilines is 1. The largest absolute Gasteiger partial charge is 0.390 e. The Hall–Kier alpha value is -2.97. The molecule has 2 amide bonds. The molecule has 0 saturated carbocycles. The number of rotatable bonds is 5. The van der Waals surface area contributed by atoms with Gasteiger partial charge < -0.3 is 25.6 Å². The molecular formula is C26H31FN4O3. The molecule has 7 nitrogen and oxygen atoms in total. The van der Waals surface area contributed by atoms with E-state index in [1.54, 1.807) is 6.07 Å². The van der Waals surface area contributed by atoms with Crippen LogP contribution >= 0.6 is 0 Å². The molecule has 1 atom stereocenters. The number of aromatic nitrogens is 1. The molecule has 4 N–H and O–H groups in total. The highest BCUT2D eigenvalue weighted by Crippen LogP contribution is 2.43. The normalized spacial score (nSPS) is 21.1. The molecule has 1 fully saturated rings. The second-order valence-corrected chi connectivity index (χ2v) is 9.55. The van der Waals surface area contributed by atoms with E-state index in [1.165, 1.54) is 18.6 Å². The number of carbonyl (C=O) groups excluding carboxylic acids is 2. The zero-order valence-corrected chi connectivity index (χ0v) is 19.5. The molecule has 3 heterocycles. The molecule has 1 aromatic carbocycles. The first-order valence-electron chi connectivity index (χ1n) is 12.2. The molecule has 2 aliphatic heterocycles. The second-order valence-electron chi connectivity index (χ2n) is 9.55. The number of piperidine rings is 1. The first-order valence-corrected chi connectivity index (χ1v) is 12.2. The Morgan fingerprint density at radius 3 is 2.79 bits per heavy atom. The van der Waals surface area contributed by atoms with Gasteiger partial charge in [-0.3, -0.25) is 9.59 Å². The molecule has 1 aliphatic carbocycles. The van der Waals surface area contributed by atoms with Crippen molar-refractivity contribution >= 4 is 28.6 Å². The van der Waals surface area contributed by atoms with E-state index in [1.807, 2.05) is 6.92 Å². The van der Waals surface area contributed by atoms with Crippen molar-refractivity contribution in [3.8, 4) is 0 Å². The smallest absolute Gasteiger partial charge is 0.256 e. The van der Waals surface area contributed by atoms with Gasteiger partial charge in [0.1, 0.15) is 5.82 Å². The topological polar surface area (TPSA) is 97.5 Å². The van der Waals surface area contributed by atoms with Crippen LogP contribution in [0.2, 0.25) is 0 Å². The van der Waals surface area contributed by atoms with Crippen LogP contribution in [0.25, 0.3) is 11.1 Å². The van der Waals surface area contributed by atoms with E-state index >= 15 is 0 Å². The number of aliphatic hydroxyl groups excluding tert-OH is 1. The number of aromatic amines is 1. The fourth-order valence-electron chi connectivity index (χ4n) is 5.55. The summed E-state index contributed by atoms with van der Waals surface area (Å²) in [5.41, 5.74) is 5.42. The van der Waals surface area contributed by atoms with Crippen LogP contribution in [0.15, 0.2) is 18.2 Å². The van der Waals surface area contributed by atoms with Crippen LogP contribution in [0.5, 0.6) is 0 Å². The summed E-state index contributed by atoms with van der Waals surface area (Å²) in [5, 5.41) is 16.2. The van der Waals surface area contributed by atoms with Gasteiger partial charge in [0, 0.05) is 35.7 Å². The Morgan fingerprint density at radius 1 is 1.21 bits per heavy atom. The van der Waals surface area contributed by atoms with Crippen molar-refractivity contribution in [3.63, 3.8) is 0 Å². The second kappa shape index (κ2) is 9.35. The molecular weight excluding hydrogens is 435 g/mol. The van der Waals surface area contributed by atoms with Crippen LogP contribution in [0.3, 0.4) is 0 Å². The number of nitrogens with zero attached hydrogens (tertiary/aromatic N) is 1. The third-order valence-electron chi connectivity index (χ3n) is 7.12. The minimum atomic E-state index is -0.622. The summed E-state index contributed by atoms with van der Waals surface area (Å²) < 4.78 is 14.0. The van der Waals surface area contributed by atoms with E-state index in [0.29, 0.717) is 41.8 Å². The van der Waals surface area contributed by atoms with E-state index in [-0.39, 0.29) is 18.4 Å². The van der Waals surface area contributed by atoms with Gasteiger partial charge in [-0.2, -0.15) is 0 Å². The summed E-state index contributed by atoms with van der Waals surface area (Å²) in [7, 11) is 0. The molecule has 8 heteroatoms. The molecule has 1 aromatic heterocycles. The Morgan fingerprint density at radius 2 is 2.00 bits per heavy atom. The van der Waals surface area contributed by atoms with Crippen molar-refractivity contribution in [1.82, 2.24) is 15.2 Å². The highest BCUT2D eigenvalue weighted by Gasteiger charge is 2.33. The van der Waals surface area contributed by atoms with Gasteiger partial charge in [0.2, 0.25) is 0 Å². The van der Waals surface area contributed by atoms with Crippen LogP contribution in [-0.2, 0) is 11.2 Å². The molecule has 0 radical (unpaired) electrons. The number of halogens is 1. The third kappa shape index (κ3) is 4.28. The van der Waals surface area contributed by atoms with E-state index in [9.17, 15) is 19.1 Å². The minimum Gasteiger partial charge on any atom is -0.390 e. The molecule has 3 aliphatic rings. The highest BCUT2D eigenvalue weighted by atomic mass is 19.1. The lowest BCUT2D eigenvalue weighted by atomic mass is 9.86. The number of aryl methyl sites for hydroxylation is 1. The first-order chi connectivity index (χ1) is 16.4. The molecule has 0 spiro atoms. The van der Waals surface area contributed by atoms with Crippen LogP contribution in [0.1, 0.15) is 65.0 Å². The minimum absolute atomic E-state index is 0.192. The Kier molecular flexibility index (Phi) is 6.27. The number of likely N-dealkylation sites (tertiary alicyclic amines) is 1. The van der Waals surface area contributed by atoms with Gasteiger partial charge in [-0.05, 0) is 81.5 Å². The maximum absolute atomic E-state index is 14.0. The number of aliphatic hydroxyl groups is 1. The fraction of sp³-hybridized carbons (Fsp3) is 0.462. The van der Waals surface area contributed by atoms with E-state index in [0.717, 1.165) is 54.9 Å². The SMILES string of the molecule is Cc1[nH]c2c(c1C(=O)NCC(O)CN1CCCCC1)CCCC2=C1C(=O)Nc2ccc(F)cc21. The van der Waals surface area contributed by atoms with Gasteiger partial charge in [0.15, 0.2) is 0 Å². The quantitative estimate of drug-likeness (QED) is 0.509. The summed E-state index contributed by atoms with van der Waals surface area (Å²) in [4.78, 5) is 31.5. The number of hydrogen-bond acceptors (Lipinski definition) is 4. The van der Waals surface area contributed by atoms with Gasteiger partial charge in [-0.25, -0.2) is 4.39 Å². The molecule has 0 bridgehead atoms. The van der Waals surface area contributed by atoms with Gasteiger partial charge in [-0.1, -0.05) is 6.42 Å². The zero-order valence-electron chi connectivity index (χ0n) is 19.5. The molecule has 2 aromatic rings.